The molecule has 5 atom stereocenters. The second-order valence-corrected chi connectivity index (χ2v) is 7.99. The van der Waals surface area contributed by atoms with Gasteiger partial charge < -0.3 is 29.9 Å². The Hall–Kier alpha value is -2.52. The second-order valence-electron chi connectivity index (χ2n) is 7.99. The fourth-order valence-corrected chi connectivity index (χ4v) is 4.40. The highest BCUT2D eigenvalue weighted by molar-refractivity contribution is 5.87. The molecule has 152 valence electrons. The van der Waals surface area contributed by atoms with Gasteiger partial charge in [0.25, 0.3) is 0 Å². The molecule has 1 saturated heterocycles. The van der Waals surface area contributed by atoms with E-state index in [1.165, 1.54) is 17.5 Å². The van der Waals surface area contributed by atoms with Gasteiger partial charge in [0, 0.05) is 13.2 Å². The lowest BCUT2D eigenvalue weighted by Gasteiger charge is -2.33. The summed E-state index contributed by atoms with van der Waals surface area (Å²) >= 11 is 0. The van der Waals surface area contributed by atoms with E-state index in [-0.39, 0.29) is 0 Å². The van der Waals surface area contributed by atoms with E-state index in [2.05, 4.69) is 15.3 Å². The number of hydrogen-bond donors (Lipinski definition) is 4. The fraction of sp³-hybridized carbons (Fsp3) is 0.429. The summed E-state index contributed by atoms with van der Waals surface area (Å²) in [7, 11) is 1.77. The molecule has 1 aliphatic heterocycles. The van der Waals surface area contributed by atoms with Crippen LogP contribution in [0, 0.1) is 0 Å². The summed E-state index contributed by atoms with van der Waals surface area (Å²) in [4.78, 5) is 8.49. The molecule has 4 N–H and O–H groups in total. The van der Waals surface area contributed by atoms with Gasteiger partial charge in [-0.3, -0.25) is 0 Å². The number of ether oxygens (including phenoxy) is 1. The lowest BCUT2D eigenvalue weighted by Crippen LogP contribution is -2.45. The van der Waals surface area contributed by atoms with Gasteiger partial charge in [-0.2, -0.15) is 0 Å². The van der Waals surface area contributed by atoms with Crippen LogP contribution < -0.4 is 5.32 Å². The first-order valence-corrected chi connectivity index (χ1v) is 9.77. The molecule has 0 bridgehead atoms. The van der Waals surface area contributed by atoms with Crippen molar-refractivity contribution in [3.63, 3.8) is 0 Å². The van der Waals surface area contributed by atoms with E-state index < -0.39 is 30.1 Å². The van der Waals surface area contributed by atoms with Crippen molar-refractivity contribution in [2.24, 2.45) is 0 Å². The molecule has 8 nitrogen and oxygen atoms in total. The summed E-state index contributed by atoms with van der Waals surface area (Å²) in [6.07, 6.45) is 0.847. The fourth-order valence-electron chi connectivity index (χ4n) is 4.40. The van der Waals surface area contributed by atoms with Gasteiger partial charge in [0.05, 0.1) is 5.39 Å². The summed E-state index contributed by atoms with van der Waals surface area (Å²) < 4.78 is 7.72. The van der Waals surface area contributed by atoms with E-state index in [1.807, 2.05) is 24.3 Å². The summed E-state index contributed by atoms with van der Waals surface area (Å²) in [6.45, 7) is 1.62. The summed E-state index contributed by atoms with van der Waals surface area (Å²) in [5, 5.41) is 36.5. The molecule has 0 unspecified atom stereocenters. The highest BCUT2D eigenvalue weighted by atomic mass is 16.6. The first-order valence-electron chi connectivity index (χ1n) is 9.77. The number of aliphatic hydroxyl groups is 3. The van der Waals surface area contributed by atoms with Crippen LogP contribution in [0.15, 0.2) is 36.8 Å². The van der Waals surface area contributed by atoms with Crippen molar-refractivity contribution in [3.8, 4) is 0 Å². The Morgan fingerprint density at radius 3 is 2.62 bits per heavy atom. The molecule has 1 aliphatic carbocycles. The molecule has 2 aromatic heterocycles. The molecular formula is C21H24N4O4. The highest BCUT2D eigenvalue weighted by Crippen LogP contribution is 2.41. The Kier molecular flexibility index (Phi) is 4.15. The molecule has 0 saturated carbocycles. The van der Waals surface area contributed by atoms with Gasteiger partial charge in [0.15, 0.2) is 6.23 Å². The van der Waals surface area contributed by atoms with Crippen LogP contribution in [0.4, 0.5) is 5.82 Å². The van der Waals surface area contributed by atoms with E-state index in [0.29, 0.717) is 17.0 Å². The number of nitrogens with one attached hydrogen (secondary N) is 1. The SMILES string of the molecule is CNc1ncnc2c1ccn2[C@@H]1O[C@H]([C@](C)(O)c2ccc3c(c2)CC3)[C@@H](O)[C@H]1O. The number of aryl methyl sites for hydroxylation is 2. The Balaban J connectivity index is 1.50. The maximum atomic E-state index is 11.3. The third-order valence-electron chi connectivity index (χ3n) is 6.27. The zero-order valence-electron chi connectivity index (χ0n) is 16.3. The lowest BCUT2D eigenvalue weighted by molar-refractivity contribution is -0.135. The van der Waals surface area contributed by atoms with Crippen LogP contribution in [0.3, 0.4) is 0 Å². The maximum absolute atomic E-state index is 11.3. The smallest absolute Gasteiger partial charge is 0.164 e. The number of fused-ring (bicyclic) bond motifs is 2. The minimum Gasteiger partial charge on any atom is -0.387 e. The number of anilines is 1. The third-order valence-corrected chi connectivity index (χ3v) is 6.27. The van der Waals surface area contributed by atoms with Crippen molar-refractivity contribution < 1.29 is 20.1 Å². The van der Waals surface area contributed by atoms with Crippen LogP contribution in [0.1, 0.15) is 29.8 Å². The van der Waals surface area contributed by atoms with E-state index >= 15 is 0 Å². The summed E-state index contributed by atoms with van der Waals surface area (Å²) in [5.41, 5.74) is 2.27. The Labute approximate surface area is 167 Å². The van der Waals surface area contributed by atoms with E-state index in [1.54, 1.807) is 24.7 Å². The molecule has 1 fully saturated rings. The highest BCUT2D eigenvalue weighted by Gasteiger charge is 2.52. The van der Waals surface area contributed by atoms with Gasteiger partial charge in [-0.25, -0.2) is 9.97 Å². The zero-order valence-corrected chi connectivity index (χ0v) is 16.3. The van der Waals surface area contributed by atoms with Crippen molar-refractivity contribution in [1.82, 2.24) is 14.5 Å². The number of nitrogens with zero attached hydrogens (tertiary/aromatic N) is 3. The maximum Gasteiger partial charge on any atom is 0.164 e. The van der Waals surface area contributed by atoms with Crippen LogP contribution in [-0.4, -0.2) is 55.2 Å². The molecular weight excluding hydrogens is 372 g/mol. The second kappa shape index (κ2) is 6.50. The van der Waals surface area contributed by atoms with Gasteiger partial charge in [0.1, 0.15) is 41.7 Å². The van der Waals surface area contributed by atoms with Crippen LogP contribution in [0.25, 0.3) is 11.0 Å². The van der Waals surface area contributed by atoms with E-state index in [4.69, 9.17) is 4.74 Å². The molecule has 8 heteroatoms. The minimum absolute atomic E-state index is 0.571. The van der Waals surface area contributed by atoms with Crippen LogP contribution in [0.2, 0.25) is 0 Å². The first-order chi connectivity index (χ1) is 13.9. The normalized spacial score (nSPS) is 28.0. The molecule has 0 radical (unpaired) electrons. The monoisotopic (exact) mass is 396 g/mol. The number of benzene rings is 1. The average molecular weight is 396 g/mol. The molecule has 2 aliphatic rings. The van der Waals surface area contributed by atoms with Gasteiger partial charge in [-0.1, -0.05) is 18.2 Å². The van der Waals surface area contributed by atoms with Gasteiger partial charge >= 0.3 is 0 Å². The topological polar surface area (TPSA) is 113 Å². The zero-order chi connectivity index (χ0) is 20.3. The molecule has 3 aromatic rings. The summed E-state index contributed by atoms with van der Waals surface area (Å²) in [6, 6.07) is 7.66. The molecule has 1 aromatic carbocycles. The number of aliphatic hydroxyl groups excluding tert-OH is 2. The van der Waals surface area contributed by atoms with Crippen molar-refractivity contribution >= 4 is 16.9 Å². The average Bonchev–Trinajstić information content (AvgIpc) is 3.24. The van der Waals surface area contributed by atoms with Crippen molar-refractivity contribution in [3.05, 3.63) is 53.5 Å². The standard InChI is InChI=1S/C21H24N4O4/c1-21(28,13-6-5-11-3-4-12(11)9-13)17-15(26)16(27)20(29-17)25-8-7-14-18(22-2)23-10-24-19(14)25/h5-10,15-17,20,26-28H,3-4H2,1-2H3,(H,22,23,24)/t15-,16+,17-,20+,21+/m0/s1. The largest absolute Gasteiger partial charge is 0.387 e. The Morgan fingerprint density at radius 2 is 1.93 bits per heavy atom. The van der Waals surface area contributed by atoms with E-state index in [9.17, 15) is 15.3 Å². The third kappa shape index (κ3) is 2.67. The van der Waals surface area contributed by atoms with Gasteiger partial charge in [-0.15, -0.1) is 0 Å². The van der Waals surface area contributed by atoms with Crippen LogP contribution in [-0.2, 0) is 23.2 Å². The van der Waals surface area contributed by atoms with Gasteiger partial charge in [0.2, 0.25) is 0 Å². The first kappa shape index (κ1) is 18.5. The van der Waals surface area contributed by atoms with Crippen molar-refractivity contribution in [2.75, 3.05) is 12.4 Å². The minimum atomic E-state index is -1.46. The lowest BCUT2D eigenvalue weighted by atomic mass is 9.81. The van der Waals surface area contributed by atoms with Crippen LogP contribution >= 0.6 is 0 Å². The predicted molar refractivity (Wildman–Crippen MR) is 106 cm³/mol. The molecule has 5 rings (SSSR count). The molecule has 29 heavy (non-hydrogen) atoms. The number of aromatic nitrogens is 3. The van der Waals surface area contributed by atoms with Crippen LogP contribution in [0.5, 0.6) is 0 Å². The van der Waals surface area contributed by atoms with E-state index in [0.717, 1.165) is 18.2 Å². The Morgan fingerprint density at radius 1 is 1.14 bits per heavy atom. The number of hydrogen-bond acceptors (Lipinski definition) is 7. The predicted octanol–water partition coefficient (Wildman–Crippen LogP) is 1.10. The van der Waals surface area contributed by atoms with Crippen molar-refractivity contribution in [2.45, 2.75) is 49.9 Å². The quantitative estimate of drug-likeness (QED) is 0.522. The molecule has 0 spiro atoms. The van der Waals surface area contributed by atoms with Gasteiger partial charge in [-0.05, 0) is 42.5 Å². The summed E-state index contributed by atoms with van der Waals surface area (Å²) in [5.74, 6) is 0.660. The molecule has 0 amide bonds. The van der Waals surface area contributed by atoms with Crippen molar-refractivity contribution in [1.29, 1.82) is 0 Å². The molecule has 3 heterocycles. The Bertz CT molecular complexity index is 1080. The number of rotatable bonds is 4.